The lowest BCUT2D eigenvalue weighted by Gasteiger charge is -2.28. The van der Waals surface area contributed by atoms with Crippen molar-refractivity contribution in [1.82, 2.24) is 9.97 Å². The molecular weight excluding hydrogens is 250 g/mol. The van der Waals surface area contributed by atoms with Crippen LogP contribution in [0.3, 0.4) is 0 Å². The van der Waals surface area contributed by atoms with Crippen LogP contribution in [-0.4, -0.2) is 43.0 Å². The van der Waals surface area contributed by atoms with Gasteiger partial charge in [0.1, 0.15) is 11.6 Å². The molecule has 0 unspecified atom stereocenters. The van der Waals surface area contributed by atoms with Crippen LogP contribution in [0.2, 0.25) is 0 Å². The van der Waals surface area contributed by atoms with Crippen LogP contribution in [0.4, 0.5) is 5.82 Å². The summed E-state index contributed by atoms with van der Waals surface area (Å²) in [5, 5.41) is 0. The van der Waals surface area contributed by atoms with E-state index in [4.69, 9.17) is 0 Å². The van der Waals surface area contributed by atoms with Crippen LogP contribution in [0.15, 0.2) is 6.07 Å². The first-order chi connectivity index (χ1) is 8.50. The highest BCUT2D eigenvalue weighted by molar-refractivity contribution is 7.91. The number of nitrogens with zero attached hydrogens (tertiary/aromatic N) is 3. The summed E-state index contributed by atoms with van der Waals surface area (Å²) >= 11 is 0. The lowest BCUT2D eigenvalue weighted by atomic mass is 10.3. The van der Waals surface area contributed by atoms with Gasteiger partial charge in [0.2, 0.25) is 0 Å². The van der Waals surface area contributed by atoms with Crippen LogP contribution in [0, 0.1) is 6.92 Å². The van der Waals surface area contributed by atoms with Gasteiger partial charge in [-0.1, -0.05) is 6.92 Å². The van der Waals surface area contributed by atoms with Crippen LogP contribution in [0.25, 0.3) is 0 Å². The number of rotatable bonds is 3. The Morgan fingerprint density at radius 1 is 1.28 bits per heavy atom. The topological polar surface area (TPSA) is 63.2 Å². The Morgan fingerprint density at radius 2 is 1.94 bits per heavy atom. The minimum atomic E-state index is -2.84. The summed E-state index contributed by atoms with van der Waals surface area (Å²) in [6.45, 7) is 5.11. The van der Waals surface area contributed by atoms with Crippen molar-refractivity contribution in [2.45, 2.75) is 26.7 Å². The highest BCUT2D eigenvalue weighted by Crippen LogP contribution is 2.16. The predicted molar refractivity (Wildman–Crippen MR) is 71.6 cm³/mol. The van der Waals surface area contributed by atoms with E-state index in [1.54, 1.807) is 0 Å². The van der Waals surface area contributed by atoms with Gasteiger partial charge in [0.15, 0.2) is 9.84 Å². The number of sulfone groups is 1. The van der Waals surface area contributed by atoms with Crippen LogP contribution >= 0.6 is 0 Å². The Hall–Kier alpha value is -1.17. The molecule has 0 spiro atoms. The second-order valence-corrected chi connectivity index (χ2v) is 6.98. The fraction of sp³-hybridized carbons (Fsp3) is 0.667. The first-order valence-electron chi connectivity index (χ1n) is 6.30. The Balaban J connectivity index is 2.18. The highest BCUT2D eigenvalue weighted by Gasteiger charge is 2.22. The highest BCUT2D eigenvalue weighted by atomic mass is 32.2. The molecule has 0 radical (unpaired) electrons. The first-order valence-corrected chi connectivity index (χ1v) is 8.12. The monoisotopic (exact) mass is 269 g/mol. The van der Waals surface area contributed by atoms with E-state index in [0.29, 0.717) is 13.1 Å². The number of anilines is 1. The average molecular weight is 269 g/mol. The zero-order valence-electron chi connectivity index (χ0n) is 10.9. The minimum absolute atomic E-state index is 0.221. The predicted octanol–water partition coefficient (Wildman–Crippen LogP) is 0.972. The van der Waals surface area contributed by atoms with Gasteiger partial charge in [-0.25, -0.2) is 18.4 Å². The second-order valence-electron chi connectivity index (χ2n) is 4.67. The molecule has 0 N–H and O–H groups in total. The van der Waals surface area contributed by atoms with E-state index in [1.807, 2.05) is 17.9 Å². The number of aryl methyl sites for hydroxylation is 2. The molecule has 18 heavy (non-hydrogen) atoms. The Kier molecular flexibility index (Phi) is 3.85. The normalized spacial score (nSPS) is 18.9. The minimum Gasteiger partial charge on any atom is -0.354 e. The molecule has 6 heteroatoms. The van der Waals surface area contributed by atoms with Gasteiger partial charge in [-0.05, 0) is 13.3 Å². The van der Waals surface area contributed by atoms with E-state index in [-0.39, 0.29) is 11.5 Å². The largest absolute Gasteiger partial charge is 0.354 e. The Labute approximate surface area is 108 Å². The zero-order chi connectivity index (χ0) is 13.2. The molecule has 0 bridgehead atoms. The number of aromatic nitrogens is 2. The smallest absolute Gasteiger partial charge is 0.153 e. The third kappa shape index (κ3) is 3.19. The lowest BCUT2D eigenvalue weighted by Crippen LogP contribution is -2.40. The van der Waals surface area contributed by atoms with Gasteiger partial charge in [0.25, 0.3) is 0 Å². The van der Waals surface area contributed by atoms with Crippen LogP contribution < -0.4 is 4.90 Å². The van der Waals surface area contributed by atoms with E-state index in [0.717, 1.165) is 30.2 Å². The molecule has 1 aromatic rings. The van der Waals surface area contributed by atoms with Crippen LogP contribution in [-0.2, 0) is 16.3 Å². The van der Waals surface area contributed by atoms with Crippen molar-refractivity contribution in [2.75, 3.05) is 29.5 Å². The average Bonchev–Trinajstić information content (AvgIpc) is 2.28. The summed E-state index contributed by atoms with van der Waals surface area (Å²) in [5.41, 5.74) is 0.942. The summed E-state index contributed by atoms with van der Waals surface area (Å²) in [7, 11) is -2.84. The van der Waals surface area contributed by atoms with Crippen LogP contribution in [0.5, 0.6) is 0 Å². The Bertz CT molecular complexity index is 514. The van der Waals surface area contributed by atoms with Crippen molar-refractivity contribution >= 4 is 15.7 Å². The molecule has 0 saturated carbocycles. The molecule has 1 aliphatic rings. The molecule has 100 valence electrons. The van der Waals surface area contributed by atoms with E-state index in [1.165, 1.54) is 0 Å². The van der Waals surface area contributed by atoms with Crippen molar-refractivity contribution in [3.8, 4) is 0 Å². The third-order valence-electron chi connectivity index (χ3n) is 3.03. The maximum absolute atomic E-state index is 11.4. The van der Waals surface area contributed by atoms with Gasteiger partial charge >= 0.3 is 0 Å². The van der Waals surface area contributed by atoms with E-state index in [2.05, 4.69) is 16.9 Å². The standard InChI is InChI=1S/C12H19N3O2S/c1-3-4-11-13-10(2)9-12(14-11)15-5-7-18(16,17)8-6-15/h9H,3-8H2,1-2H3. The van der Waals surface area contributed by atoms with Crippen molar-refractivity contribution in [3.63, 3.8) is 0 Å². The molecule has 0 aromatic carbocycles. The third-order valence-corrected chi connectivity index (χ3v) is 4.64. The van der Waals surface area contributed by atoms with Crippen molar-refractivity contribution in [3.05, 3.63) is 17.6 Å². The van der Waals surface area contributed by atoms with E-state index < -0.39 is 9.84 Å². The van der Waals surface area contributed by atoms with Gasteiger partial charge < -0.3 is 4.90 Å². The lowest BCUT2D eigenvalue weighted by molar-refractivity contribution is 0.586. The molecule has 1 aliphatic heterocycles. The molecule has 0 aliphatic carbocycles. The van der Waals surface area contributed by atoms with Gasteiger partial charge in [0.05, 0.1) is 11.5 Å². The maximum Gasteiger partial charge on any atom is 0.153 e. The van der Waals surface area contributed by atoms with E-state index >= 15 is 0 Å². The SMILES string of the molecule is CCCc1nc(C)cc(N2CCS(=O)(=O)CC2)n1. The van der Waals surface area contributed by atoms with Crippen molar-refractivity contribution < 1.29 is 8.42 Å². The van der Waals surface area contributed by atoms with Gasteiger partial charge in [-0.3, -0.25) is 0 Å². The molecule has 1 fully saturated rings. The fourth-order valence-corrected chi connectivity index (χ4v) is 3.25. The van der Waals surface area contributed by atoms with Crippen molar-refractivity contribution in [1.29, 1.82) is 0 Å². The molecule has 0 atom stereocenters. The van der Waals surface area contributed by atoms with Gasteiger partial charge in [-0.2, -0.15) is 0 Å². The first kappa shape index (κ1) is 13.3. The molecule has 2 rings (SSSR count). The molecule has 5 nitrogen and oxygen atoms in total. The molecule has 2 heterocycles. The summed E-state index contributed by atoms with van der Waals surface area (Å²) in [5.74, 6) is 2.15. The quantitative estimate of drug-likeness (QED) is 0.818. The maximum atomic E-state index is 11.4. The summed E-state index contributed by atoms with van der Waals surface area (Å²) < 4.78 is 22.8. The summed E-state index contributed by atoms with van der Waals surface area (Å²) in [4.78, 5) is 10.9. The number of hydrogen-bond acceptors (Lipinski definition) is 5. The molecule has 1 aromatic heterocycles. The summed E-state index contributed by atoms with van der Waals surface area (Å²) in [6, 6.07) is 1.93. The molecule has 1 saturated heterocycles. The van der Waals surface area contributed by atoms with E-state index in [9.17, 15) is 8.42 Å². The van der Waals surface area contributed by atoms with Crippen molar-refractivity contribution in [2.24, 2.45) is 0 Å². The van der Waals surface area contributed by atoms with Gasteiger partial charge in [0, 0.05) is 31.3 Å². The molecular formula is C12H19N3O2S. The zero-order valence-corrected chi connectivity index (χ0v) is 11.7. The Morgan fingerprint density at radius 3 is 2.56 bits per heavy atom. The fourth-order valence-electron chi connectivity index (χ4n) is 2.05. The second kappa shape index (κ2) is 5.22. The van der Waals surface area contributed by atoms with Crippen LogP contribution in [0.1, 0.15) is 24.9 Å². The summed E-state index contributed by atoms with van der Waals surface area (Å²) in [6.07, 6.45) is 1.87. The number of hydrogen-bond donors (Lipinski definition) is 0. The van der Waals surface area contributed by atoms with Gasteiger partial charge in [-0.15, -0.1) is 0 Å². The molecule has 0 amide bonds.